The Hall–Kier alpha value is -2.21. The highest BCUT2D eigenvalue weighted by Gasteiger charge is 2.32. The van der Waals surface area contributed by atoms with Crippen molar-refractivity contribution in [3.63, 3.8) is 0 Å². The van der Waals surface area contributed by atoms with E-state index in [1.807, 2.05) is 0 Å². The maximum absolute atomic E-state index is 12.7. The van der Waals surface area contributed by atoms with Crippen LogP contribution in [-0.2, 0) is 12.7 Å². The van der Waals surface area contributed by atoms with Crippen molar-refractivity contribution < 1.29 is 13.2 Å². The third-order valence-electron chi connectivity index (χ3n) is 2.44. The fraction of sp³-hybridized carbons (Fsp3) is 0.300. The summed E-state index contributed by atoms with van der Waals surface area (Å²) in [5.41, 5.74) is 8.17. The Balaban J connectivity index is 2.54. The Morgan fingerprint density at radius 1 is 1.44 bits per heavy atom. The first kappa shape index (κ1) is 12.3. The number of fused-ring (bicyclic) bond motifs is 1. The molecule has 0 saturated carbocycles. The number of pyridine rings is 1. The second kappa shape index (κ2) is 4.23. The van der Waals surface area contributed by atoms with E-state index in [2.05, 4.69) is 15.0 Å². The van der Waals surface area contributed by atoms with E-state index in [-0.39, 0.29) is 17.8 Å². The molecule has 5 nitrogen and oxygen atoms in total. The van der Waals surface area contributed by atoms with Gasteiger partial charge >= 0.3 is 6.18 Å². The highest BCUT2D eigenvalue weighted by molar-refractivity contribution is 5.46. The number of hydrogen-bond donors (Lipinski definition) is 0. The van der Waals surface area contributed by atoms with Gasteiger partial charge in [0.15, 0.2) is 0 Å². The Morgan fingerprint density at radius 3 is 2.78 bits per heavy atom. The number of imidazole rings is 1. The number of aryl methyl sites for hydroxylation is 1. The minimum atomic E-state index is -4.40. The molecule has 2 aromatic heterocycles. The molecule has 0 bridgehead atoms. The molecular weight excluding hydrogens is 247 g/mol. The summed E-state index contributed by atoms with van der Waals surface area (Å²) in [6, 6.07) is 0.981. The molecule has 94 valence electrons. The smallest absolute Gasteiger partial charge is 0.307 e. The van der Waals surface area contributed by atoms with E-state index in [0.717, 1.165) is 6.07 Å². The third kappa shape index (κ3) is 2.23. The lowest BCUT2D eigenvalue weighted by Gasteiger charge is -2.09. The molecule has 0 aliphatic rings. The molecule has 0 spiro atoms. The average Bonchev–Trinajstić information content (AvgIpc) is 2.65. The van der Waals surface area contributed by atoms with Gasteiger partial charge in [0, 0.05) is 17.3 Å². The lowest BCUT2D eigenvalue weighted by atomic mass is 10.1. The van der Waals surface area contributed by atoms with E-state index in [1.54, 1.807) is 0 Å². The van der Waals surface area contributed by atoms with Crippen LogP contribution in [0.5, 0.6) is 0 Å². The van der Waals surface area contributed by atoms with Crippen molar-refractivity contribution in [2.24, 2.45) is 5.11 Å². The van der Waals surface area contributed by atoms with Crippen LogP contribution >= 0.6 is 0 Å². The molecule has 0 aromatic carbocycles. The minimum Gasteiger partial charge on any atom is -0.307 e. The maximum Gasteiger partial charge on any atom is 0.416 e. The van der Waals surface area contributed by atoms with Gasteiger partial charge < -0.3 is 4.40 Å². The molecule has 2 rings (SSSR count). The van der Waals surface area contributed by atoms with E-state index in [9.17, 15) is 13.2 Å². The van der Waals surface area contributed by atoms with Gasteiger partial charge in [0.2, 0.25) is 0 Å². The first-order valence-corrected chi connectivity index (χ1v) is 4.98. The standard InChI is InChI=1S/C10H8F3N5/c1-6-4-18-5-7(3-15-17-14)16-9(18)2-8(6)10(11,12)13/h2,4-5H,3H2,1H3. The molecular formula is C10H8F3N5. The quantitative estimate of drug-likeness (QED) is 0.460. The number of alkyl halides is 3. The van der Waals surface area contributed by atoms with Gasteiger partial charge in [-0.3, -0.25) is 0 Å². The molecule has 0 unspecified atom stereocenters. The Morgan fingerprint density at radius 2 is 2.17 bits per heavy atom. The zero-order valence-electron chi connectivity index (χ0n) is 9.31. The molecule has 0 aliphatic carbocycles. The molecule has 18 heavy (non-hydrogen) atoms. The van der Waals surface area contributed by atoms with Crippen LogP contribution in [0.15, 0.2) is 23.6 Å². The third-order valence-corrected chi connectivity index (χ3v) is 2.44. The predicted octanol–water partition coefficient (Wildman–Crippen LogP) is 3.47. The molecule has 0 fully saturated rings. The Bertz CT molecular complexity index is 637. The van der Waals surface area contributed by atoms with E-state index < -0.39 is 11.7 Å². The van der Waals surface area contributed by atoms with Crippen molar-refractivity contribution in [3.8, 4) is 0 Å². The number of azide groups is 1. The number of rotatable bonds is 2. The number of hydrogen-bond acceptors (Lipinski definition) is 2. The lowest BCUT2D eigenvalue weighted by molar-refractivity contribution is -0.138. The maximum atomic E-state index is 12.7. The van der Waals surface area contributed by atoms with Crippen LogP contribution in [0.2, 0.25) is 0 Å². The van der Waals surface area contributed by atoms with E-state index >= 15 is 0 Å². The normalized spacial score (nSPS) is 11.6. The first-order valence-electron chi connectivity index (χ1n) is 4.98. The number of nitrogens with zero attached hydrogens (tertiary/aromatic N) is 5. The van der Waals surface area contributed by atoms with Crippen LogP contribution in [0, 0.1) is 6.92 Å². The SMILES string of the molecule is Cc1cn2cc(CN=[N+]=[N-])nc2cc1C(F)(F)F. The van der Waals surface area contributed by atoms with Gasteiger partial charge in [-0.05, 0) is 24.1 Å². The first-order chi connectivity index (χ1) is 8.41. The van der Waals surface area contributed by atoms with Crippen LogP contribution in [0.3, 0.4) is 0 Å². The van der Waals surface area contributed by atoms with Gasteiger partial charge in [0.1, 0.15) is 5.65 Å². The number of aromatic nitrogens is 2. The summed E-state index contributed by atoms with van der Waals surface area (Å²) >= 11 is 0. The summed E-state index contributed by atoms with van der Waals surface area (Å²) in [5.74, 6) is 0. The fourth-order valence-corrected chi connectivity index (χ4v) is 1.68. The van der Waals surface area contributed by atoms with Gasteiger partial charge in [0.05, 0.1) is 17.8 Å². The largest absolute Gasteiger partial charge is 0.416 e. The molecule has 2 heterocycles. The van der Waals surface area contributed by atoms with E-state index in [0.29, 0.717) is 5.69 Å². The summed E-state index contributed by atoms with van der Waals surface area (Å²) in [7, 11) is 0. The summed E-state index contributed by atoms with van der Waals surface area (Å²) in [4.78, 5) is 6.53. The highest BCUT2D eigenvalue weighted by atomic mass is 19.4. The predicted molar refractivity (Wildman–Crippen MR) is 57.8 cm³/mol. The highest BCUT2D eigenvalue weighted by Crippen LogP contribution is 2.32. The Kier molecular flexibility index (Phi) is 2.88. The molecule has 0 atom stereocenters. The van der Waals surface area contributed by atoms with Crippen molar-refractivity contribution in [1.82, 2.24) is 9.38 Å². The molecule has 8 heteroatoms. The van der Waals surface area contributed by atoms with Crippen LogP contribution in [0.25, 0.3) is 16.1 Å². The zero-order chi connectivity index (χ0) is 13.3. The molecule has 0 aliphatic heterocycles. The lowest BCUT2D eigenvalue weighted by Crippen LogP contribution is -2.08. The summed E-state index contributed by atoms with van der Waals surface area (Å²) in [6.07, 6.45) is -1.51. The molecule has 2 aromatic rings. The zero-order valence-corrected chi connectivity index (χ0v) is 9.31. The van der Waals surface area contributed by atoms with Crippen LogP contribution < -0.4 is 0 Å². The summed E-state index contributed by atoms with van der Waals surface area (Å²) in [5, 5.41) is 3.31. The Labute approximate surface area is 99.5 Å². The van der Waals surface area contributed by atoms with Crippen molar-refractivity contribution in [2.45, 2.75) is 19.6 Å². The van der Waals surface area contributed by atoms with Crippen molar-refractivity contribution in [3.05, 3.63) is 45.7 Å². The second-order valence-electron chi connectivity index (χ2n) is 3.75. The molecule has 0 amide bonds. The summed E-state index contributed by atoms with van der Waals surface area (Å²) < 4.78 is 39.5. The van der Waals surface area contributed by atoms with Crippen LogP contribution in [0.4, 0.5) is 13.2 Å². The van der Waals surface area contributed by atoms with Gasteiger partial charge in [0.25, 0.3) is 0 Å². The van der Waals surface area contributed by atoms with Crippen LogP contribution in [-0.4, -0.2) is 9.38 Å². The van der Waals surface area contributed by atoms with Gasteiger partial charge in [-0.2, -0.15) is 13.2 Å². The van der Waals surface area contributed by atoms with E-state index in [1.165, 1.54) is 23.7 Å². The van der Waals surface area contributed by atoms with Crippen molar-refractivity contribution >= 4 is 5.65 Å². The van der Waals surface area contributed by atoms with Gasteiger partial charge in [-0.1, -0.05) is 5.11 Å². The van der Waals surface area contributed by atoms with Gasteiger partial charge in [-0.15, -0.1) is 0 Å². The fourth-order valence-electron chi connectivity index (χ4n) is 1.68. The second-order valence-corrected chi connectivity index (χ2v) is 3.75. The molecule has 0 radical (unpaired) electrons. The molecule has 0 N–H and O–H groups in total. The van der Waals surface area contributed by atoms with Crippen molar-refractivity contribution in [1.29, 1.82) is 0 Å². The van der Waals surface area contributed by atoms with Crippen LogP contribution in [0.1, 0.15) is 16.8 Å². The van der Waals surface area contributed by atoms with Crippen molar-refractivity contribution in [2.75, 3.05) is 0 Å². The molecule has 0 saturated heterocycles. The van der Waals surface area contributed by atoms with E-state index in [4.69, 9.17) is 5.53 Å². The summed E-state index contributed by atoms with van der Waals surface area (Å²) in [6.45, 7) is 1.40. The topological polar surface area (TPSA) is 66.1 Å². The monoisotopic (exact) mass is 255 g/mol. The minimum absolute atomic E-state index is 0.0125. The van der Waals surface area contributed by atoms with Gasteiger partial charge in [-0.25, -0.2) is 4.98 Å². The average molecular weight is 255 g/mol. The number of halogens is 3.